The average Bonchev–Trinajstić information content (AvgIpc) is 3.29. The number of rotatable bonds is 3. The number of ether oxygens (including phenoxy) is 1. The Morgan fingerprint density at radius 1 is 1.09 bits per heavy atom. The molecule has 0 bridgehead atoms. The molecule has 23 heavy (non-hydrogen) atoms. The first-order chi connectivity index (χ1) is 11.0. The van der Waals surface area contributed by atoms with E-state index in [1.54, 1.807) is 36.4 Å². The first kappa shape index (κ1) is 14.8. The van der Waals surface area contributed by atoms with Crippen molar-refractivity contribution in [2.75, 3.05) is 0 Å². The molecule has 2 aromatic carbocycles. The molecular weight excluding hydrogens is 335 g/mol. The Kier molecular flexibility index (Phi) is 3.30. The third kappa shape index (κ3) is 2.38. The predicted octanol–water partition coefficient (Wildman–Crippen LogP) is 3.77. The summed E-state index contributed by atoms with van der Waals surface area (Å²) < 4.78 is 5.92. The van der Waals surface area contributed by atoms with Gasteiger partial charge < -0.3 is 15.6 Å². The number of hydrogen-bond donors (Lipinski definition) is 2. The van der Waals surface area contributed by atoms with Gasteiger partial charge in [0.2, 0.25) is 0 Å². The van der Waals surface area contributed by atoms with Gasteiger partial charge in [0.15, 0.2) is 5.60 Å². The molecule has 4 rings (SSSR count). The van der Waals surface area contributed by atoms with Gasteiger partial charge in [-0.2, -0.15) is 0 Å². The molecule has 2 aliphatic rings. The van der Waals surface area contributed by atoms with E-state index in [2.05, 4.69) is 4.99 Å². The van der Waals surface area contributed by atoms with Crippen molar-refractivity contribution in [2.24, 2.45) is 10.7 Å². The number of fused-ring (bicyclic) bond motifs is 1. The Bertz CT molecular complexity index is 833. The van der Waals surface area contributed by atoms with Gasteiger partial charge in [-0.15, -0.1) is 0 Å². The molecule has 118 valence electrons. The molecule has 0 spiro atoms. The first-order valence-corrected chi connectivity index (χ1v) is 8.08. The second-order valence-corrected chi connectivity index (χ2v) is 6.70. The second-order valence-electron chi connectivity index (χ2n) is 5.83. The van der Waals surface area contributed by atoms with Crippen molar-refractivity contribution in [2.45, 2.75) is 24.5 Å². The molecule has 0 aromatic heterocycles. The van der Waals surface area contributed by atoms with Crippen LogP contribution in [-0.4, -0.2) is 17.0 Å². The Hall–Kier alpha value is -1.75. The monoisotopic (exact) mass is 348 g/mol. The maximum absolute atomic E-state index is 11.4. The summed E-state index contributed by atoms with van der Waals surface area (Å²) in [6.45, 7) is 0. The van der Waals surface area contributed by atoms with Crippen LogP contribution in [0, 0.1) is 0 Å². The van der Waals surface area contributed by atoms with Gasteiger partial charge in [-0.1, -0.05) is 23.2 Å². The van der Waals surface area contributed by atoms with Crippen LogP contribution >= 0.6 is 23.2 Å². The number of aliphatic hydroxyl groups is 1. The fourth-order valence-electron chi connectivity index (χ4n) is 2.78. The van der Waals surface area contributed by atoms with Crippen molar-refractivity contribution >= 4 is 34.7 Å². The molecule has 6 heteroatoms. The summed E-state index contributed by atoms with van der Waals surface area (Å²) in [6, 6.07) is 10.3. The Labute approximate surface area is 143 Å². The van der Waals surface area contributed by atoms with E-state index in [1.165, 1.54) is 0 Å². The highest BCUT2D eigenvalue weighted by Crippen LogP contribution is 2.47. The standard InChI is InChI=1S/C17H14Cl2N2O2/c18-9-1-5-14-12(7-9)17(22,16(20)21-14)13-8-10(19)2-6-15(13)23-11-3-4-11/h1-2,5-8,11,22H,3-4H2,(H2,20,21). The van der Waals surface area contributed by atoms with Crippen molar-refractivity contribution in [1.29, 1.82) is 0 Å². The molecular formula is C17H14Cl2N2O2. The Morgan fingerprint density at radius 3 is 2.43 bits per heavy atom. The summed E-state index contributed by atoms with van der Waals surface area (Å²) in [6.07, 6.45) is 2.19. The van der Waals surface area contributed by atoms with E-state index >= 15 is 0 Å². The minimum absolute atomic E-state index is 0.0812. The van der Waals surface area contributed by atoms with Crippen molar-refractivity contribution in [3.8, 4) is 5.75 Å². The van der Waals surface area contributed by atoms with E-state index in [0.29, 0.717) is 32.6 Å². The highest BCUT2D eigenvalue weighted by Gasteiger charge is 2.45. The van der Waals surface area contributed by atoms with Gasteiger partial charge in [-0.3, -0.25) is 0 Å². The maximum Gasteiger partial charge on any atom is 0.178 e. The molecule has 1 heterocycles. The van der Waals surface area contributed by atoms with E-state index in [1.807, 2.05) is 0 Å². The first-order valence-electron chi connectivity index (χ1n) is 7.32. The highest BCUT2D eigenvalue weighted by atomic mass is 35.5. The van der Waals surface area contributed by atoms with Crippen LogP contribution in [0.25, 0.3) is 0 Å². The average molecular weight is 349 g/mol. The molecule has 1 saturated carbocycles. The SMILES string of the molecule is NC1=Nc2ccc(Cl)cc2C1(O)c1cc(Cl)ccc1OC1CC1. The minimum Gasteiger partial charge on any atom is -0.490 e. The van der Waals surface area contributed by atoms with Crippen molar-refractivity contribution in [3.05, 3.63) is 57.6 Å². The van der Waals surface area contributed by atoms with Gasteiger partial charge in [-0.25, -0.2) is 4.99 Å². The lowest BCUT2D eigenvalue weighted by Crippen LogP contribution is -2.40. The number of benzene rings is 2. The number of aliphatic imine (C=N–C) groups is 1. The topological polar surface area (TPSA) is 67.8 Å². The summed E-state index contributed by atoms with van der Waals surface area (Å²) >= 11 is 12.2. The molecule has 1 aliphatic heterocycles. The van der Waals surface area contributed by atoms with Crippen LogP contribution in [0.15, 0.2) is 41.4 Å². The maximum atomic E-state index is 11.4. The van der Waals surface area contributed by atoms with Gasteiger partial charge in [0.25, 0.3) is 0 Å². The zero-order valence-corrected chi connectivity index (χ0v) is 13.6. The molecule has 3 N–H and O–H groups in total. The minimum atomic E-state index is -1.60. The van der Waals surface area contributed by atoms with E-state index < -0.39 is 5.60 Å². The normalized spacial score (nSPS) is 22.7. The van der Waals surface area contributed by atoms with Gasteiger partial charge in [-0.05, 0) is 49.2 Å². The van der Waals surface area contributed by atoms with Crippen LogP contribution in [0.5, 0.6) is 5.75 Å². The summed E-state index contributed by atoms with van der Waals surface area (Å²) in [5.74, 6) is 0.642. The van der Waals surface area contributed by atoms with Gasteiger partial charge >= 0.3 is 0 Å². The Balaban J connectivity index is 1.91. The van der Waals surface area contributed by atoms with E-state index in [9.17, 15) is 5.11 Å². The van der Waals surface area contributed by atoms with Crippen LogP contribution in [0.4, 0.5) is 5.69 Å². The fourth-order valence-corrected chi connectivity index (χ4v) is 3.12. The van der Waals surface area contributed by atoms with Gasteiger partial charge in [0, 0.05) is 21.2 Å². The molecule has 1 atom stereocenters. The van der Waals surface area contributed by atoms with Crippen LogP contribution in [0.3, 0.4) is 0 Å². The lowest BCUT2D eigenvalue weighted by molar-refractivity contribution is 0.151. The largest absolute Gasteiger partial charge is 0.490 e. The van der Waals surface area contributed by atoms with Crippen LogP contribution in [0.2, 0.25) is 10.0 Å². The van der Waals surface area contributed by atoms with Gasteiger partial charge in [0.1, 0.15) is 11.6 Å². The van der Waals surface area contributed by atoms with Crippen molar-refractivity contribution in [1.82, 2.24) is 0 Å². The summed E-state index contributed by atoms with van der Waals surface area (Å²) in [5, 5.41) is 12.4. The zero-order chi connectivity index (χ0) is 16.2. The molecule has 0 radical (unpaired) electrons. The molecule has 2 aromatic rings. The molecule has 1 fully saturated rings. The number of nitrogens with two attached hydrogens (primary N) is 1. The predicted molar refractivity (Wildman–Crippen MR) is 90.8 cm³/mol. The number of nitrogens with zero attached hydrogens (tertiary/aromatic N) is 1. The molecule has 0 saturated heterocycles. The van der Waals surface area contributed by atoms with Crippen molar-refractivity contribution < 1.29 is 9.84 Å². The zero-order valence-electron chi connectivity index (χ0n) is 12.1. The molecule has 0 amide bonds. The molecule has 4 nitrogen and oxygen atoms in total. The lowest BCUT2D eigenvalue weighted by Gasteiger charge is -2.27. The highest BCUT2D eigenvalue weighted by molar-refractivity contribution is 6.31. The summed E-state index contributed by atoms with van der Waals surface area (Å²) in [4.78, 5) is 4.28. The smallest absolute Gasteiger partial charge is 0.178 e. The van der Waals surface area contributed by atoms with Crippen molar-refractivity contribution in [3.63, 3.8) is 0 Å². The fraction of sp³-hybridized carbons (Fsp3) is 0.235. The summed E-state index contributed by atoms with van der Waals surface area (Å²) in [7, 11) is 0. The number of amidine groups is 1. The third-order valence-corrected chi connectivity index (χ3v) is 4.58. The van der Waals surface area contributed by atoms with Crippen LogP contribution in [-0.2, 0) is 5.60 Å². The Morgan fingerprint density at radius 2 is 1.74 bits per heavy atom. The number of hydrogen-bond acceptors (Lipinski definition) is 4. The number of halogens is 2. The second kappa shape index (κ2) is 5.13. The lowest BCUT2D eigenvalue weighted by atomic mass is 9.86. The summed E-state index contributed by atoms with van der Waals surface area (Å²) in [5.41, 5.74) is 6.08. The van der Waals surface area contributed by atoms with E-state index in [0.717, 1.165) is 12.8 Å². The van der Waals surface area contributed by atoms with Gasteiger partial charge in [0.05, 0.1) is 11.8 Å². The van der Waals surface area contributed by atoms with E-state index in [-0.39, 0.29) is 11.9 Å². The van der Waals surface area contributed by atoms with E-state index in [4.69, 9.17) is 33.7 Å². The third-order valence-electron chi connectivity index (χ3n) is 4.11. The van der Waals surface area contributed by atoms with Crippen LogP contribution < -0.4 is 10.5 Å². The molecule has 1 unspecified atom stereocenters. The molecule has 1 aliphatic carbocycles. The van der Waals surface area contributed by atoms with Crippen LogP contribution in [0.1, 0.15) is 24.0 Å². The quantitative estimate of drug-likeness (QED) is 0.886.